The Labute approximate surface area is 103 Å². The summed E-state index contributed by atoms with van der Waals surface area (Å²) < 4.78 is 20.3. The number of hydrogen-bond donors (Lipinski definition) is 0. The van der Waals surface area contributed by atoms with Gasteiger partial charge >= 0.3 is 18.6 Å². The highest BCUT2D eigenvalue weighted by Crippen LogP contribution is 1.90. The second kappa shape index (κ2) is 15.0. The summed E-state index contributed by atoms with van der Waals surface area (Å²) in [4.78, 5) is 0. The summed E-state index contributed by atoms with van der Waals surface area (Å²) >= 11 is 0. The molecule has 0 aliphatic carbocycles. The molecule has 0 aromatic heterocycles. The molecule has 0 aliphatic rings. The molecule has 0 aromatic rings. The van der Waals surface area contributed by atoms with Gasteiger partial charge in [0.1, 0.15) is 0 Å². The molecule has 0 bridgehead atoms. The Morgan fingerprint density at radius 3 is 1.62 bits per heavy atom. The molecule has 6 heteroatoms. The van der Waals surface area contributed by atoms with Gasteiger partial charge in [-0.3, -0.25) is 0 Å². The van der Waals surface area contributed by atoms with Crippen LogP contribution in [-0.2, 0) is 17.7 Å². The lowest BCUT2D eigenvalue weighted by atomic mass is 10.8. The third-order valence-corrected chi connectivity index (χ3v) is 5.03. The van der Waals surface area contributed by atoms with Crippen LogP contribution in [0.4, 0.5) is 0 Å². The Hall–Kier alpha value is 0.0138. The number of hydrogen-bond acceptors (Lipinski definition) is 4. The lowest BCUT2D eigenvalue weighted by Gasteiger charge is -2.09. The minimum Gasteiger partial charge on any atom is -0.400 e. The fourth-order valence-electron chi connectivity index (χ4n) is 0.741. The molecular formula is C10H26O4Si2. The van der Waals surface area contributed by atoms with Crippen molar-refractivity contribution in [2.24, 2.45) is 0 Å². The zero-order valence-corrected chi connectivity index (χ0v) is 13.7. The molecule has 0 rings (SSSR count). The van der Waals surface area contributed by atoms with Gasteiger partial charge < -0.3 is 17.7 Å². The molecule has 0 saturated carbocycles. The molecule has 0 fully saturated rings. The van der Waals surface area contributed by atoms with Crippen LogP contribution in [0.25, 0.3) is 0 Å². The van der Waals surface area contributed by atoms with E-state index in [0.29, 0.717) is 0 Å². The van der Waals surface area contributed by atoms with Crippen LogP contribution in [0.2, 0.25) is 6.55 Å². The zero-order valence-electron chi connectivity index (χ0n) is 11.4. The molecule has 0 N–H and O–H groups in total. The number of allylic oxidation sites excluding steroid dienone is 1. The van der Waals surface area contributed by atoms with Crippen molar-refractivity contribution in [3.05, 3.63) is 11.8 Å². The first-order valence-electron chi connectivity index (χ1n) is 5.57. The predicted octanol–water partition coefficient (Wildman–Crippen LogP) is 1.52. The highest BCUT2D eigenvalue weighted by atomic mass is 28.3. The third kappa shape index (κ3) is 14.0. The van der Waals surface area contributed by atoms with Crippen molar-refractivity contribution >= 4 is 18.6 Å². The first-order chi connectivity index (χ1) is 7.65. The Kier molecular flexibility index (Phi) is 17.2. The standard InChI is InChI=1S/C7H16O2Si.C3H10O2Si/c1-4-7-10(8-5-2)9-6-3;1-4-6(3)5-2/h4,7,10H,5-6H2,1-3H3;6H,1-3H3. The van der Waals surface area contributed by atoms with E-state index >= 15 is 0 Å². The van der Waals surface area contributed by atoms with E-state index in [4.69, 9.17) is 17.7 Å². The average Bonchev–Trinajstić information content (AvgIpc) is 2.30. The van der Waals surface area contributed by atoms with Gasteiger partial charge in [0, 0.05) is 27.4 Å². The maximum atomic E-state index is 5.35. The van der Waals surface area contributed by atoms with E-state index in [2.05, 4.69) is 0 Å². The second-order valence-corrected chi connectivity index (χ2v) is 6.71. The molecule has 0 aromatic carbocycles. The van der Waals surface area contributed by atoms with Gasteiger partial charge in [-0.1, -0.05) is 6.08 Å². The van der Waals surface area contributed by atoms with Gasteiger partial charge in [-0.05, 0) is 33.0 Å². The van der Waals surface area contributed by atoms with Gasteiger partial charge in [0.05, 0.1) is 0 Å². The SMILES string of the molecule is CC=C[SiH](OCC)OCC.CO[SiH](C)OC. The van der Waals surface area contributed by atoms with Gasteiger partial charge in [0.25, 0.3) is 0 Å². The Bertz CT molecular complexity index is 146. The average molecular weight is 266 g/mol. The van der Waals surface area contributed by atoms with Gasteiger partial charge in [-0.2, -0.15) is 0 Å². The topological polar surface area (TPSA) is 36.9 Å². The van der Waals surface area contributed by atoms with Crippen LogP contribution in [0.5, 0.6) is 0 Å². The Morgan fingerprint density at radius 2 is 1.44 bits per heavy atom. The Morgan fingerprint density at radius 1 is 1.00 bits per heavy atom. The molecule has 0 aliphatic heterocycles. The molecule has 0 spiro atoms. The second-order valence-electron chi connectivity index (χ2n) is 2.84. The summed E-state index contributed by atoms with van der Waals surface area (Å²) in [5.74, 6) is 0. The maximum absolute atomic E-state index is 5.35. The van der Waals surface area contributed by atoms with E-state index in [1.165, 1.54) is 0 Å². The van der Waals surface area contributed by atoms with Crippen LogP contribution in [0, 0.1) is 0 Å². The van der Waals surface area contributed by atoms with Crippen molar-refractivity contribution in [3.8, 4) is 0 Å². The van der Waals surface area contributed by atoms with Crippen LogP contribution in [-0.4, -0.2) is 46.0 Å². The van der Waals surface area contributed by atoms with Crippen LogP contribution >= 0.6 is 0 Å². The maximum Gasteiger partial charge on any atom is 0.348 e. The van der Waals surface area contributed by atoms with Crippen LogP contribution in [0.1, 0.15) is 20.8 Å². The summed E-state index contributed by atoms with van der Waals surface area (Å²) in [5.41, 5.74) is 2.03. The van der Waals surface area contributed by atoms with E-state index in [1.807, 2.05) is 39.1 Å². The van der Waals surface area contributed by atoms with E-state index in [0.717, 1.165) is 13.2 Å². The minimum absolute atomic E-state index is 0.751. The molecule has 0 amide bonds. The lowest BCUT2D eigenvalue weighted by Crippen LogP contribution is -2.20. The molecular weight excluding hydrogens is 240 g/mol. The highest BCUT2D eigenvalue weighted by Gasteiger charge is 2.04. The molecule has 0 unspecified atom stereocenters. The van der Waals surface area contributed by atoms with E-state index < -0.39 is 18.6 Å². The molecule has 0 saturated heterocycles. The van der Waals surface area contributed by atoms with Crippen molar-refractivity contribution in [1.29, 1.82) is 0 Å². The summed E-state index contributed by atoms with van der Waals surface area (Å²) in [7, 11) is 0.759. The van der Waals surface area contributed by atoms with E-state index in [1.54, 1.807) is 14.2 Å². The lowest BCUT2D eigenvalue weighted by molar-refractivity contribution is 0.224. The number of rotatable bonds is 7. The van der Waals surface area contributed by atoms with Crippen LogP contribution in [0.3, 0.4) is 0 Å². The first kappa shape index (κ1) is 18.4. The van der Waals surface area contributed by atoms with Crippen LogP contribution in [0.15, 0.2) is 11.8 Å². The van der Waals surface area contributed by atoms with Crippen molar-refractivity contribution in [2.75, 3.05) is 27.4 Å². The predicted molar refractivity (Wildman–Crippen MR) is 72.2 cm³/mol. The molecule has 0 heterocycles. The molecule has 16 heavy (non-hydrogen) atoms. The fraction of sp³-hybridized carbons (Fsp3) is 0.800. The van der Waals surface area contributed by atoms with Gasteiger partial charge in [0.2, 0.25) is 0 Å². The van der Waals surface area contributed by atoms with Gasteiger partial charge in [-0.25, -0.2) is 0 Å². The van der Waals surface area contributed by atoms with Gasteiger partial charge in [0.15, 0.2) is 0 Å². The summed E-state index contributed by atoms with van der Waals surface area (Å²) in [5, 5.41) is 0. The zero-order chi connectivity index (χ0) is 12.8. The van der Waals surface area contributed by atoms with E-state index in [9.17, 15) is 0 Å². The van der Waals surface area contributed by atoms with Crippen molar-refractivity contribution in [3.63, 3.8) is 0 Å². The van der Waals surface area contributed by atoms with Crippen molar-refractivity contribution in [1.82, 2.24) is 0 Å². The highest BCUT2D eigenvalue weighted by molar-refractivity contribution is 6.50. The molecule has 4 nitrogen and oxygen atoms in total. The van der Waals surface area contributed by atoms with Crippen LogP contribution < -0.4 is 0 Å². The van der Waals surface area contributed by atoms with Gasteiger partial charge in [-0.15, -0.1) is 0 Å². The quantitative estimate of drug-likeness (QED) is 0.655. The first-order valence-corrected chi connectivity index (χ1v) is 9.28. The minimum atomic E-state index is -1.41. The summed E-state index contributed by atoms with van der Waals surface area (Å²) in [6.07, 6.45) is 1.99. The van der Waals surface area contributed by atoms with Crippen molar-refractivity contribution < 1.29 is 17.7 Å². The normalized spacial score (nSPS) is 11.0. The van der Waals surface area contributed by atoms with Crippen molar-refractivity contribution in [2.45, 2.75) is 27.3 Å². The monoisotopic (exact) mass is 266 g/mol. The summed E-state index contributed by atoms with van der Waals surface area (Å²) in [6, 6.07) is 0. The third-order valence-electron chi connectivity index (χ3n) is 1.68. The molecule has 98 valence electrons. The van der Waals surface area contributed by atoms with E-state index in [-0.39, 0.29) is 0 Å². The smallest absolute Gasteiger partial charge is 0.348 e. The Balaban J connectivity index is 0. The molecule has 0 atom stereocenters. The molecule has 0 radical (unpaired) electrons. The summed E-state index contributed by atoms with van der Waals surface area (Å²) in [6.45, 7) is 9.44. The largest absolute Gasteiger partial charge is 0.400 e. The fourth-order valence-corrected chi connectivity index (χ4v) is 2.22.